The van der Waals surface area contributed by atoms with Crippen LogP contribution in [0.2, 0.25) is 0 Å². The fourth-order valence-corrected chi connectivity index (χ4v) is 7.56. The molecule has 6 nitrogen and oxygen atoms in total. The van der Waals surface area contributed by atoms with Gasteiger partial charge in [0.1, 0.15) is 13.2 Å². The maximum Gasteiger partial charge on any atom is 0.306 e. The van der Waals surface area contributed by atoms with Crippen LogP contribution in [0.25, 0.3) is 0 Å². The maximum atomic E-state index is 12.9. The predicted molar refractivity (Wildman–Crippen MR) is 306 cm³/mol. The van der Waals surface area contributed by atoms with Crippen molar-refractivity contribution in [2.45, 2.75) is 258 Å². The van der Waals surface area contributed by atoms with Crippen molar-refractivity contribution >= 4 is 17.9 Å². The second-order valence-electron chi connectivity index (χ2n) is 18.8. The molecule has 0 rings (SSSR count). The van der Waals surface area contributed by atoms with E-state index in [-0.39, 0.29) is 31.1 Å². The molecule has 0 saturated heterocycles. The van der Waals surface area contributed by atoms with E-state index < -0.39 is 6.10 Å². The summed E-state index contributed by atoms with van der Waals surface area (Å²) >= 11 is 0. The zero-order valence-electron chi connectivity index (χ0n) is 45.9. The number of unbranched alkanes of at least 4 members (excludes halogenated alkanes) is 20. The third-order valence-corrected chi connectivity index (χ3v) is 11.9. The Morgan fingerprint density at radius 2 is 0.549 bits per heavy atom. The number of hydrogen-bond donors (Lipinski definition) is 0. The molecule has 0 aromatic heterocycles. The second-order valence-corrected chi connectivity index (χ2v) is 18.8. The van der Waals surface area contributed by atoms with E-state index in [0.717, 1.165) is 135 Å². The molecule has 0 aliphatic carbocycles. The minimum Gasteiger partial charge on any atom is -0.462 e. The summed E-state index contributed by atoms with van der Waals surface area (Å²) in [6.07, 6.45) is 80.4. The van der Waals surface area contributed by atoms with Gasteiger partial charge in [-0.15, -0.1) is 0 Å². The molecule has 0 spiro atoms. The van der Waals surface area contributed by atoms with Crippen LogP contribution in [0.1, 0.15) is 252 Å². The Balaban J connectivity index is 4.53. The first-order valence-corrected chi connectivity index (χ1v) is 29.0. The minimum atomic E-state index is -0.814. The summed E-state index contributed by atoms with van der Waals surface area (Å²) < 4.78 is 16.8. The Kier molecular flexibility index (Phi) is 54.9. The van der Waals surface area contributed by atoms with Gasteiger partial charge in [0.25, 0.3) is 0 Å². The molecule has 0 fully saturated rings. The third-order valence-electron chi connectivity index (χ3n) is 11.9. The Bertz CT molecular complexity index is 1500. The zero-order valence-corrected chi connectivity index (χ0v) is 45.9. The molecule has 0 amide bonds. The molecule has 1 atom stereocenters. The van der Waals surface area contributed by atoms with Crippen molar-refractivity contribution in [1.82, 2.24) is 0 Å². The number of carbonyl (C=O) groups is 3. The monoisotopic (exact) mass is 983 g/mol. The molecule has 0 heterocycles. The smallest absolute Gasteiger partial charge is 0.306 e. The molecular weight excluding hydrogens is 877 g/mol. The predicted octanol–water partition coefficient (Wildman–Crippen LogP) is 19.6. The van der Waals surface area contributed by atoms with E-state index in [4.69, 9.17) is 14.2 Å². The van der Waals surface area contributed by atoms with Crippen LogP contribution in [-0.4, -0.2) is 37.2 Å². The number of rotatable bonds is 51. The average molecular weight is 984 g/mol. The lowest BCUT2D eigenvalue weighted by Crippen LogP contribution is -2.30. The SMILES string of the molecule is CC/C=C\C/C=C\C/C=C\C/C=C\C/C=C\CCCCCC(=O)OC[C@H](COC(=O)CCCCC/C=C\C/C=C\C/C=C\C/C=C\CCCCC)OC(=O)CCCCCCC/C=C\CCCCCCCC. The molecule has 0 unspecified atom stereocenters. The fourth-order valence-electron chi connectivity index (χ4n) is 7.56. The van der Waals surface area contributed by atoms with E-state index in [2.05, 4.69) is 142 Å². The largest absolute Gasteiger partial charge is 0.462 e. The highest BCUT2D eigenvalue weighted by molar-refractivity contribution is 5.71. The van der Waals surface area contributed by atoms with Crippen molar-refractivity contribution in [2.24, 2.45) is 0 Å². The van der Waals surface area contributed by atoms with Gasteiger partial charge in [-0.05, 0) is 135 Å². The zero-order chi connectivity index (χ0) is 51.4. The van der Waals surface area contributed by atoms with Gasteiger partial charge in [0.15, 0.2) is 6.10 Å². The van der Waals surface area contributed by atoms with Gasteiger partial charge in [0.2, 0.25) is 0 Å². The Hall–Kier alpha value is -4.19. The van der Waals surface area contributed by atoms with Crippen LogP contribution in [0.15, 0.2) is 122 Å². The van der Waals surface area contributed by atoms with E-state index in [1.54, 1.807) is 0 Å². The number of hydrogen-bond acceptors (Lipinski definition) is 6. The molecule has 0 aromatic rings. The highest BCUT2D eigenvalue weighted by Crippen LogP contribution is 2.13. The molecule has 0 aromatic carbocycles. The Morgan fingerprint density at radius 1 is 0.296 bits per heavy atom. The Morgan fingerprint density at radius 3 is 0.915 bits per heavy atom. The summed E-state index contributed by atoms with van der Waals surface area (Å²) in [5, 5.41) is 0. The third kappa shape index (κ3) is 56.6. The van der Waals surface area contributed by atoms with Crippen molar-refractivity contribution in [3.63, 3.8) is 0 Å². The van der Waals surface area contributed by atoms with Gasteiger partial charge in [0, 0.05) is 19.3 Å². The molecule has 402 valence electrons. The van der Waals surface area contributed by atoms with Crippen LogP contribution < -0.4 is 0 Å². The summed E-state index contributed by atoms with van der Waals surface area (Å²) in [6, 6.07) is 0. The summed E-state index contributed by atoms with van der Waals surface area (Å²) in [5.41, 5.74) is 0. The topological polar surface area (TPSA) is 78.9 Å². The van der Waals surface area contributed by atoms with Crippen molar-refractivity contribution < 1.29 is 28.6 Å². The highest BCUT2D eigenvalue weighted by atomic mass is 16.6. The van der Waals surface area contributed by atoms with Crippen LogP contribution in [0.5, 0.6) is 0 Å². The first kappa shape index (κ1) is 66.8. The van der Waals surface area contributed by atoms with E-state index in [9.17, 15) is 14.4 Å². The van der Waals surface area contributed by atoms with E-state index in [0.29, 0.717) is 19.3 Å². The fraction of sp³-hybridized carbons (Fsp3) is 0.646. The lowest BCUT2D eigenvalue weighted by molar-refractivity contribution is -0.167. The van der Waals surface area contributed by atoms with Crippen molar-refractivity contribution in [3.05, 3.63) is 122 Å². The molecule has 0 saturated carbocycles. The molecule has 0 bridgehead atoms. The molecule has 0 aliphatic heterocycles. The Labute approximate surface area is 437 Å². The second kappa shape index (κ2) is 58.4. The van der Waals surface area contributed by atoms with E-state index >= 15 is 0 Å². The van der Waals surface area contributed by atoms with Crippen LogP contribution >= 0.6 is 0 Å². The summed E-state index contributed by atoms with van der Waals surface area (Å²) in [4.78, 5) is 38.2. The summed E-state index contributed by atoms with van der Waals surface area (Å²) in [5.74, 6) is -0.981. The van der Waals surface area contributed by atoms with Crippen molar-refractivity contribution in [2.75, 3.05) is 13.2 Å². The van der Waals surface area contributed by atoms with Gasteiger partial charge in [-0.1, -0.05) is 219 Å². The van der Waals surface area contributed by atoms with E-state index in [1.165, 1.54) is 77.0 Å². The van der Waals surface area contributed by atoms with Crippen LogP contribution in [0.3, 0.4) is 0 Å². The van der Waals surface area contributed by atoms with Crippen LogP contribution in [-0.2, 0) is 28.6 Å². The van der Waals surface area contributed by atoms with Crippen LogP contribution in [0, 0.1) is 0 Å². The van der Waals surface area contributed by atoms with Gasteiger partial charge in [-0.3, -0.25) is 14.4 Å². The molecular formula is C65H106O6. The minimum absolute atomic E-state index is 0.111. The molecule has 6 heteroatoms. The van der Waals surface area contributed by atoms with Crippen LogP contribution in [0.4, 0.5) is 0 Å². The molecule has 0 aliphatic rings. The lowest BCUT2D eigenvalue weighted by atomic mass is 10.1. The van der Waals surface area contributed by atoms with Crippen molar-refractivity contribution in [3.8, 4) is 0 Å². The number of allylic oxidation sites excluding steroid dienone is 20. The first-order valence-electron chi connectivity index (χ1n) is 29.0. The number of esters is 3. The molecule has 0 radical (unpaired) electrons. The van der Waals surface area contributed by atoms with Gasteiger partial charge in [0.05, 0.1) is 0 Å². The standard InChI is InChI=1S/C65H106O6/c1-4-7-10-13-16-19-22-25-28-30-32-34-37-39-42-45-48-51-54-57-63(66)69-60-62(71-65(68)59-56-53-50-47-44-41-36-27-24-21-18-15-12-9-6-3)61-70-64(67)58-55-52-49-46-43-40-38-35-33-31-29-26-23-20-17-14-11-8-5-2/h7,10,16-17,19-20,25-29,32-36,39-40,42-43,62H,4-6,8-9,11-15,18,21-24,30-31,37-38,41,44-61H2,1-3H3/b10-7-,19-16-,20-17-,28-25-,29-26-,34-32-,35-33-,36-27-,42-39-,43-40-/t62-/m1/s1. The molecule has 71 heavy (non-hydrogen) atoms. The number of carbonyl (C=O) groups excluding carboxylic acids is 3. The van der Waals surface area contributed by atoms with E-state index in [1.807, 2.05) is 0 Å². The molecule has 0 N–H and O–H groups in total. The van der Waals surface area contributed by atoms with Gasteiger partial charge in [-0.25, -0.2) is 0 Å². The number of ether oxygens (including phenoxy) is 3. The summed E-state index contributed by atoms with van der Waals surface area (Å²) in [7, 11) is 0. The lowest BCUT2D eigenvalue weighted by Gasteiger charge is -2.18. The first-order chi connectivity index (χ1) is 35.0. The normalized spacial score (nSPS) is 13.0. The van der Waals surface area contributed by atoms with Gasteiger partial charge < -0.3 is 14.2 Å². The highest BCUT2D eigenvalue weighted by Gasteiger charge is 2.19. The average Bonchev–Trinajstić information content (AvgIpc) is 3.37. The summed E-state index contributed by atoms with van der Waals surface area (Å²) in [6.45, 7) is 6.43. The van der Waals surface area contributed by atoms with Gasteiger partial charge >= 0.3 is 17.9 Å². The van der Waals surface area contributed by atoms with Crippen molar-refractivity contribution in [1.29, 1.82) is 0 Å². The van der Waals surface area contributed by atoms with Gasteiger partial charge in [-0.2, -0.15) is 0 Å². The maximum absolute atomic E-state index is 12.9. The quantitative estimate of drug-likeness (QED) is 0.0261.